The summed E-state index contributed by atoms with van der Waals surface area (Å²) in [7, 11) is 0. The third kappa shape index (κ3) is 4.06. The molecule has 2 unspecified atom stereocenters. The quantitative estimate of drug-likeness (QED) is 0.425. The minimum absolute atomic E-state index is 0. The number of hydrogen-bond acceptors (Lipinski definition) is 3. The van der Waals surface area contributed by atoms with Crippen LogP contribution in [0.5, 0.6) is 0 Å². The lowest BCUT2D eigenvalue weighted by Gasteiger charge is -2.25. The fraction of sp³-hybridized carbons (Fsp3) is 0.438. The molecule has 38 heavy (non-hydrogen) atoms. The zero-order chi connectivity index (χ0) is 25.9. The second-order valence-corrected chi connectivity index (χ2v) is 12.2. The van der Waals surface area contributed by atoms with Crippen LogP contribution in [0.25, 0.3) is 12.2 Å². The van der Waals surface area contributed by atoms with Crippen LogP contribution in [0.1, 0.15) is 76.5 Å². The fourth-order valence-electron chi connectivity index (χ4n) is 7.13. The van der Waals surface area contributed by atoms with Crippen LogP contribution in [-0.4, -0.2) is 34.0 Å². The first-order chi connectivity index (χ1) is 17.9. The Kier molecular flexibility index (Phi) is 7.34. The van der Waals surface area contributed by atoms with Gasteiger partial charge in [-0.2, -0.15) is 4.58 Å². The summed E-state index contributed by atoms with van der Waals surface area (Å²) in [6, 6.07) is 16.2. The number of anilines is 1. The van der Waals surface area contributed by atoms with E-state index >= 15 is 0 Å². The van der Waals surface area contributed by atoms with Gasteiger partial charge in [-0.05, 0) is 76.8 Å². The molecular weight excluding hydrogens is 554 g/mol. The Bertz CT molecular complexity index is 1600. The van der Waals surface area contributed by atoms with Gasteiger partial charge in [0, 0.05) is 48.4 Å². The van der Waals surface area contributed by atoms with Gasteiger partial charge in [-0.3, -0.25) is 9.36 Å². The lowest BCUT2D eigenvalue weighted by atomic mass is 9.81. The number of para-hydroxylation sites is 1. The Morgan fingerprint density at radius 2 is 1.84 bits per heavy atom. The first kappa shape index (κ1) is 27.1. The zero-order valence-corrected chi connectivity index (χ0v) is 25.5. The lowest BCUT2D eigenvalue weighted by molar-refractivity contribution is -0.432. The third-order valence-corrected chi connectivity index (χ3v) is 9.97. The van der Waals surface area contributed by atoms with Gasteiger partial charge in [0.15, 0.2) is 5.71 Å². The van der Waals surface area contributed by atoms with Crippen molar-refractivity contribution >= 4 is 40.6 Å². The van der Waals surface area contributed by atoms with Gasteiger partial charge in [0.05, 0.1) is 9.95 Å². The average molecular weight is 593 g/mol. The summed E-state index contributed by atoms with van der Waals surface area (Å²) in [5, 5.41) is 0. The van der Waals surface area contributed by atoms with Crippen molar-refractivity contribution in [2.24, 2.45) is 0 Å². The Morgan fingerprint density at radius 1 is 1.05 bits per heavy atom. The van der Waals surface area contributed by atoms with Crippen LogP contribution in [-0.2, 0) is 12.0 Å². The van der Waals surface area contributed by atoms with Crippen LogP contribution in [0.2, 0.25) is 0 Å². The largest absolute Gasteiger partial charge is 1.00 e. The van der Waals surface area contributed by atoms with E-state index in [1.54, 1.807) is 11.3 Å². The molecule has 0 bridgehead atoms. The maximum absolute atomic E-state index is 13.5. The predicted octanol–water partition coefficient (Wildman–Crippen LogP) is 2.12. The lowest BCUT2D eigenvalue weighted by Crippen LogP contribution is -3.00. The van der Waals surface area contributed by atoms with Crippen molar-refractivity contribution in [2.45, 2.75) is 77.8 Å². The van der Waals surface area contributed by atoms with Gasteiger partial charge in [0.2, 0.25) is 5.69 Å². The Labute approximate surface area is 240 Å². The summed E-state index contributed by atoms with van der Waals surface area (Å²) in [6.07, 6.45) is 8.28. The van der Waals surface area contributed by atoms with Crippen LogP contribution in [0.3, 0.4) is 0 Å². The van der Waals surface area contributed by atoms with E-state index in [1.165, 1.54) is 47.5 Å². The molecule has 6 rings (SSSR count). The smallest absolute Gasteiger partial charge is 0.269 e. The molecule has 1 saturated carbocycles. The topological polar surface area (TPSA) is 28.2 Å². The highest BCUT2D eigenvalue weighted by atomic mass is 79.9. The van der Waals surface area contributed by atoms with E-state index in [1.807, 2.05) is 4.57 Å². The van der Waals surface area contributed by atoms with Crippen LogP contribution >= 0.6 is 11.3 Å². The number of halogens is 1. The van der Waals surface area contributed by atoms with Crippen LogP contribution in [0.15, 0.2) is 47.3 Å². The molecule has 4 nitrogen and oxygen atoms in total. The minimum atomic E-state index is -0.113. The molecule has 3 aromatic rings. The Hall–Kier alpha value is -2.44. The average Bonchev–Trinajstić information content (AvgIpc) is 3.61. The van der Waals surface area contributed by atoms with E-state index in [4.69, 9.17) is 0 Å². The monoisotopic (exact) mass is 591 g/mol. The predicted molar refractivity (Wildman–Crippen MR) is 156 cm³/mol. The van der Waals surface area contributed by atoms with Crippen molar-refractivity contribution in [2.75, 3.05) is 18.0 Å². The second kappa shape index (κ2) is 10.3. The minimum Gasteiger partial charge on any atom is -1.00 e. The molecule has 2 aromatic carbocycles. The molecule has 2 atom stereocenters. The molecule has 0 N–H and O–H groups in total. The van der Waals surface area contributed by atoms with Crippen LogP contribution in [0, 0.1) is 0 Å². The summed E-state index contributed by atoms with van der Waals surface area (Å²) >= 11 is 1.62. The molecule has 200 valence electrons. The van der Waals surface area contributed by atoms with Gasteiger partial charge >= 0.3 is 0 Å². The van der Waals surface area contributed by atoms with Gasteiger partial charge in [-0.25, -0.2) is 0 Å². The Morgan fingerprint density at radius 3 is 2.58 bits per heavy atom. The molecule has 0 amide bonds. The van der Waals surface area contributed by atoms with Crippen molar-refractivity contribution in [3.8, 4) is 0 Å². The SMILES string of the molecule is CCN1c2ccc(/C=c3/s/c(=C\C4=[N+](CC)c5ccccc5C4(C)C)n(CC)c3=O)cc2C2CCCC21.[Br-]. The molecule has 1 aliphatic carbocycles. The van der Waals surface area contributed by atoms with E-state index < -0.39 is 0 Å². The van der Waals surface area contributed by atoms with Crippen molar-refractivity contribution < 1.29 is 21.6 Å². The van der Waals surface area contributed by atoms with Crippen molar-refractivity contribution in [1.29, 1.82) is 0 Å². The number of likely N-dealkylation sites (N-methyl/N-ethyl adjacent to an activating group) is 1. The normalized spacial score (nSPS) is 22.1. The summed E-state index contributed by atoms with van der Waals surface area (Å²) < 4.78 is 6.19. The summed E-state index contributed by atoms with van der Waals surface area (Å²) in [5.74, 6) is 0.644. The number of nitrogens with zero attached hydrogens (tertiary/aromatic N) is 3. The fourth-order valence-corrected chi connectivity index (χ4v) is 8.24. The molecule has 1 fully saturated rings. The van der Waals surface area contributed by atoms with E-state index in [0.29, 0.717) is 18.5 Å². The zero-order valence-electron chi connectivity index (χ0n) is 23.1. The molecule has 0 spiro atoms. The number of benzene rings is 2. The number of fused-ring (bicyclic) bond motifs is 4. The van der Waals surface area contributed by atoms with E-state index in [2.05, 4.69) is 98.7 Å². The second-order valence-electron chi connectivity index (χ2n) is 11.1. The van der Waals surface area contributed by atoms with E-state index in [0.717, 1.165) is 27.8 Å². The Balaban J connectivity index is 0.00000294. The van der Waals surface area contributed by atoms with E-state index in [-0.39, 0.29) is 28.0 Å². The number of hydrogen-bond donors (Lipinski definition) is 0. The van der Waals surface area contributed by atoms with Crippen molar-refractivity contribution in [3.63, 3.8) is 0 Å². The number of rotatable bonds is 5. The molecular formula is C32H38BrN3OS. The van der Waals surface area contributed by atoms with Gasteiger partial charge in [0.1, 0.15) is 11.2 Å². The molecule has 3 aliphatic rings. The molecule has 0 saturated heterocycles. The van der Waals surface area contributed by atoms with Crippen LogP contribution < -0.4 is 36.6 Å². The van der Waals surface area contributed by atoms with Crippen molar-refractivity contribution in [3.05, 3.63) is 78.7 Å². The molecule has 1 aromatic heterocycles. The standard InChI is InChI=1S/C32H38N3OS.BrH/c1-6-33-25-15-11-12-22(25)23-18-21(16-17-26(23)33)19-28-31(36)35(8-3)30(37-28)20-29-32(4,5)24-13-9-10-14-27(24)34(29)7-2;/h9-10,13-14,16-20,22,25H,6-8,11-12,15H2,1-5H3;1H/q+1;/p-1/b28-19+;. The summed E-state index contributed by atoms with van der Waals surface area (Å²) in [6.45, 7) is 13.8. The first-order valence-corrected chi connectivity index (χ1v) is 14.8. The third-order valence-electron chi connectivity index (χ3n) is 8.91. The van der Waals surface area contributed by atoms with Crippen LogP contribution in [0.4, 0.5) is 11.4 Å². The highest BCUT2D eigenvalue weighted by Crippen LogP contribution is 2.49. The van der Waals surface area contributed by atoms with Gasteiger partial charge < -0.3 is 21.9 Å². The first-order valence-electron chi connectivity index (χ1n) is 14.0. The van der Waals surface area contributed by atoms with E-state index in [9.17, 15) is 4.79 Å². The van der Waals surface area contributed by atoms with Gasteiger partial charge in [-0.15, -0.1) is 11.3 Å². The highest BCUT2D eigenvalue weighted by molar-refractivity contribution is 7.07. The van der Waals surface area contributed by atoms with Gasteiger partial charge in [0.25, 0.3) is 5.56 Å². The van der Waals surface area contributed by atoms with Crippen molar-refractivity contribution in [1.82, 2.24) is 4.57 Å². The molecule has 2 aliphatic heterocycles. The molecule has 6 heteroatoms. The highest BCUT2D eigenvalue weighted by Gasteiger charge is 2.44. The maximum Gasteiger partial charge on any atom is 0.269 e. The summed E-state index contributed by atoms with van der Waals surface area (Å²) in [4.78, 5) is 16.1. The maximum atomic E-state index is 13.5. The molecule has 0 radical (unpaired) electrons. The number of thiazole rings is 1. The summed E-state index contributed by atoms with van der Waals surface area (Å²) in [5.41, 5.74) is 7.92. The molecule has 3 heterocycles. The number of aromatic nitrogens is 1. The van der Waals surface area contributed by atoms with Gasteiger partial charge in [-0.1, -0.05) is 30.7 Å².